The summed E-state index contributed by atoms with van der Waals surface area (Å²) in [5, 5.41) is 4.41. The van der Waals surface area contributed by atoms with Crippen LogP contribution in [0.1, 0.15) is 55.7 Å². The van der Waals surface area contributed by atoms with Gasteiger partial charge >= 0.3 is 0 Å². The maximum atomic E-state index is 13.9. The van der Waals surface area contributed by atoms with Crippen molar-refractivity contribution in [3.8, 4) is 0 Å². The van der Waals surface area contributed by atoms with Crippen LogP contribution in [0.2, 0.25) is 5.02 Å². The lowest BCUT2D eigenvalue weighted by molar-refractivity contribution is -0.131. The van der Waals surface area contributed by atoms with Crippen molar-refractivity contribution in [2.45, 2.75) is 45.1 Å². The minimum atomic E-state index is -0.449. The summed E-state index contributed by atoms with van der Waals surface area (Å²) in [5.74, 6) is 0.462. The molecule has 0 bridgehead atoms. The highest BCUT2D eigenvalue weighted by Crippen LogP contribution is 2.33. The molecule has 1 saturated heterocycles. The fraction of sp³-hybridized carbons (Fsp3) is 0.444. The Bertz CT molecular complexity index is 724. The van der Waals surface area contributed by atoms with Crippen molar-refractivity contribution in [1.29, 1.82) is 0 Å². The molecule has 0 spiro atoms. The third kappa shape index (κ3) is 3.31. The normalized spacial score (nSPS) is 17.7. The summed E-state index contributed by atoms with van der Waals surface area (Å²) in [6.07, 6.45) is 1.68. The molecule has 1 aliphatic rings. The summed E-state index contributed by atoms with van der Waals surface area (Å²) in [7, 11) is 0. The topological polar surface area (TPSA) is 46.3 Å². The molecular formula is C18H20ClFN2O2. The summed E-state index contributed by atoms with van der Waals surface area (Å²) < 4.78 is 19.3. The average molecular weight is 351 g/mol. The summed E-state index contributed by atoms with van der Waals surface area (Å²) in [6.45, 7) is 4.70. The van der Waals surface area contributed by atoms with E-state index in [9.17, 15) is 9.18 Å². The van der Waals surface area contributed by atoms with Crippen molar-refractivity contribution < 1.29 is 13.7 Å². The van der Waals surface area contributed by atoms with Gasteiger partial charge in [0.2, 0.25) is 5.91 Å². The molecule has 4 nitrogen and oxygen atoms in total. The second kappa shape index (κ2) is 6.93. The van der Waals surface area contributed by atoms with Gasteiger partial charge in [-0.15, -0.1) is 0 Å². The molecule has 1 aliphatic heterocycles. The van der Waals surface area contributed by atoms with Crippen LogP contribution in [0.3, 0.4) is 0 Å². The van der Waals surface area contributed by atoms with E-state index in [0.29, 0.717) is 6.54 Å². The van der Waals surface area contributed by atoms with Crippen LogP contribution in [0.15, 0.2) is 28.8 Å². The zero-order valence-electron chi connectivity index (χ0n) is 13.8. The Morgan fingerprint density at radius 3 is 2.96 bits per heavy atom. The number of nitrogens with zero attached hydrogens (tertiary/aromatic N) is 2. The van der Waals surface area contributed by atoms with Crippen molar-refractivity contribution in [1.82, 2.24) is 10.1 Å². The van der Waals surface area contributed by atoms with Gasteiger partial charge in [-0.05, 0) is 25.0 Å². The first-order chi connectivity index (χ1) is 11.5. The second-order valence-electron chi connectivity index (χ2n) is 6.43. The van der Waals surface area contributed by atoms with Crippen molar-refractivity contribution in [2.24, 2.45) is 0 Å². The zero-order chi connectivity index (χ0) is 17.3. The standard InChI is InChI=1S/C18H20ClFN2O2/c1-11(2)17-10-15(21-24-17)16-7-4-8-22(16)18(23)9-12-13(19)5-3-6-14(12)20/h3,5-6,10-11,16H,4,7-9H2,1-2H3/t16-/m0/s1. The minimum Gasteiger partial charge on any atom is -0.361 e. The van der Waals surface area contributed by atoms with E-state index >= 15 is 0 Å². The zero-order valence-corrected chi connectivity index (χ0v) is 14.5. The molecule has 2 heterocycles. The summed E-state index contributed by atoms with van der Waals surface area (Å²) in [6, 6.07) is 6.26. The largest absolute Gasteiger partial charge is 0.361 e. The molecule has 0 aliphatic carbocycles. The number of hydrogen-bond donors (Lipinski definition) is 0. The van der Waals surface area contributed by atoms with E-state index in [-0.39, 0.29) is 34.9 Å². The predicted molar refractivity (Wildman–Crippen MR) is 89.4 cm³/mol. The number of aromatic nitrogens is 1. The summed E-state index contributed by atoms with van der Waals surface area (Å²) in [5.41, 5.74) is 1.02. The van der Waals surface area contributed by atoms with Gasteiger partial charge in [0, 0.05) is 29.1 Å². The summed E-state index contributed by atoms with van der Waals surface area (Å²) >= 11 is 6.03. The fourth-order valence-corrected chi connectivity index (χ4v) is 3.29. The van der Waals surface area contributed by atoms with Crippen LogP contribution >= 0.6 is 11.6 Å². The Balaban J connectivity index is 1.78. The van der Waals surface area contributed by atoms with E-state index in [1.807, 2.05) is 19.9 Å². The fourth-order valence-electron chi connectivity index (χ4n) is 3.06. The van der Waals surface area contributed by atoms with Crippen molar-refractivity contribution in [3.63, 3.8) is 0 Å². The van der Waals surface area contributed by atoms with Gasteiger partial charge in [0.15, 0.2) is 0 Å². The third-order valence-corrected chi connectivity index (χ3v) is 4.77. The Hall–Kier alpha value is -1.88. The van der Waals surface area contributed by atoms with Crippen LogP contribution in [0.25, 0.3) is 0 Å². The molecule has 2 aromatic rings. The lowest BCUT2D eigenvalue weighted by atomic mass is 10.1. The Labute approximate surface area is 145 Å². The van der Waals surface area contributed by atoms with Crippen LogP contribution in [0, 0.1) is 5.82 Å². The molecule has 0 unspecified atom stereocenters. The van der Waals surface area contributed by atoms with Crippen molar-refractivity contribution in [3.05, 3.63) is 52.1 Å². The highest BCUT2D eigenvalue weighted by molar-refractivity contribution is 6.31. The quantitative estimate of drug-likeness (QED) is 0.815. The van der Waals surface area contributed by atoms with Crippen LogP contribution in [0.4, 0.5) is 4.39 Å². The molecule has 24 heavy (non-hydrogen) atoms. The predicted octanol–water partition coefficient (Wildman–Crippen LogP) is 4.50. The van der Waals surface area contributed by atoms with Gasteiger partial charge in [0.1, 0.15) is 17.3 Å². The van der Waals surface area contributed by atoms with E-state index in [2.05, 4.69) is 5.16 Å². The van der Waals surface area contributed by atoms with Crippen LogP contribution < -0.4 is 0 Å². The maximum absolute atomic E-state index is 13.9. The number of carbonyl (C=O) groups is 1. The van der Waals surface area contributed by atoms with Gasteiger partial charge in [-0.2, -0.15) is 0 Å². The lowest BCUT2D eigenvalue weighted by Crippen LogP contribution is -2.32. The number of rotatable bonds is 4. The van der Waals surface area contributed by atoms with Crippen LogP contribution in [-0.2, 0) is 11.2 Å². The number of benzene rings is 1. The average Bonchev–Trinajstić information content (AvgIpc) is 3.18. The Kier molecular flexibility index (Phi) is 4.90. The highest BCUT2D eigenvalue weighted by atomic mass is 35.5. The van der Waals surface area contributed by atoms with E-state index in [0.717, 1.165) is 24.3 Å². The highest BCUT2D eigenvalue weighted by Gasteiger charge is 2.33. The maximum Gasteiger partial charge on any atom is 0.227 e. The molecule has 1 aromatic heterocycles. The number of carbonyl (C=O) groups excluding carboxylic acids is 1. The Morgan fingerprint density at radius 2 is 2.29 bits per heavy atom. The van der Waals surface area contributed by atoms with E-state index in [1.54, 1.807) is 11.0 Å². The van der Waals surface area contributed by atoms with E-state index in [1.165, 1.54) is 12.1 Å². The monoisotopic (exact) mass is 350 g/mol. The first kappa shape index (κ1) is 17.0. The van der Waals surface area contributed by atoms with E-state index < -0.39 is 5.82 Å². The molecule has 0 radical (unpaired) electrons. The molecule has 0 N–H and O–H groups in total. The van der Waals surface area contributed by atoms with Gasteiger partial charge in [-0.1, -0.05) is 36.7 Å². The van der Waals surface area contributed by atoms with E-state index in [4.69, 9.17) is 16.1 Å². The minimum absolute atomic E-state index is 0.0447. The van der Waals surface area contributed by atoms with Gasteiger partial charge in [0.05, 0.1) is 12.5 Å². The first-order valence-corrected chi connectivity index (χ1v) is 8.54. The number of halogens is 2. The molecule has 6 heteroatoms. The molecule has 1 amide bonds. The molecule has 128 valence electrons. The Morgan fingerprint density at radius 1 is 1.50 bits per heavy atom. The molecule has 1 atom stereocenters. The van der Waals surface area contributed by atoms with Gasteiger partial charge in [0.25, 0.3) is 0 Å². The van der Waals surface area contributed by atoms with Gasteiger partial charge in [-0.3, -0.25) is 4.79 Å². The number of likely N-dealkylation sites (tertiary alicyclic amines) is 1. The first-order valence-electron chi connectivity index (χ1n) is 8.16. The number of hydrogen-bond acceptors (Lipinski definition) is 3. The van der Waals surface area contributed by atoms with Gasteiger partial charge in [-0.25, -0.2) is 4.39 Å². The molecule has 3 rings (SSSR count). The molecule has 0 saturated carbocycles. The molecular weight excluding hydrogens is 331 g/mol. The van der Waals surface area contributed by atoms with Crippen LogP contribution in [0.5, 0.6) is 0 Å². The van der Waals surface area contributed by atoms with Crippen LogP contribution in [-0.4, -0.2) is 22.5 Å². The van der Waals surface area contributed by atoms with Gasteiger partial charge < -0.3 is 9.42 Å². The molecule has 1 aromatic carbocycles. The molecule has 1 fully saturated rings. The van der Waals surface area contributed by atoms with Crippen molar-refractivity contribution >= 4 is 17.5 Å². The second-order valence-corrected chi connectivity index (χ2v) is 6.84. The summed E-state index contributed by atoms with van der Waals surface area (Å²) in [4.78, 5) is 14.4. The SMILES string of the molecule is CC(C)c1cc([C@@H]2CCCN2C(=O)Cc2c(F)cccc2Cl)no1. The lowest BCUT2D eigenvalue weighted by Gasteiger charge is -2.23. The third-order valence-electron chi connectivity index (χ3n) is 4.42. The number of amides is 1. The smallest absolute Gasteiger partial charge is 0.227 e. The van der Waals surface area contributed by atoms with Crippen molar-refractivity contribution in [2.75, 3.05) is 6.54 Å².